The Hall–Kier alpha value is -2.92. The van der Waals surface area contributed by atoms with Crippen molar-refractivity contribution in [1.29, 1.82) is 0 Å². The monoisotopic (exact) mass is 359 g/mol. The summed E-state index contributed by atoms with van der Waals surface area (Å²) in [5.41, 5.74) is 6.92. The molecule has 0 saturated heterocycles. The number of aromatic amines is 1. The van der Waals surface area contributed by atoms with E-state index in [1.165, 1.54) is 5.56 Å². The summed E-state index contributed by atoms with van der Waals surface area (Å²) >= 11 is 0. The minimum Gasteiger partial charge on any atom is -0.392 e. The van der Waals surface area contributed by atoms with E-state index in [2.05, 4.69) is 17.1 Å². The van der Waals surface area contributed by atoms with E-state index in [1.54, 1.807) is 0 Å². The van der Waals surface area contributed by atoms with Crippen molar-refractivity contribution in [3.63, 3.8) is 0 Å². The van der Waals surface area contributed by atoms with Crippen LogP contribution in [-0.4, -0.2) is 19.9 Å². The molecule has 5 heteroatoms. The number of benzene rings is 1. The Kier molecular flexibility index (Phi) is 3.83. The molecule has 0 spiro atoms. The van der Waals surface area contributed by atoms with E-state index < -0.39 is 0 Å². The molecule has 2 aliphatic carbocycles. The van der Waals surface area contributed by atoms with E-state index in [4.69, 9.17) is 5.10 Å². The van der Waals surface area contributed by atoms with Gasteiger partial charge in [0.15, 0.2) is 0 Å². The van der Waals surface area contributed by atoms with Gasteiger partial charge in [0.25, 0.3) is 5.56 Å². The van der Waals surface area contributed by atoms with Gasteiger partial charge in [0.1, 0.15) is 11.3 Å². The lowest BCUT2D eigenvalue weighted by molar-refractivity contribution is 0.281. The van der Waals surface area contributed by atoms with Crippen LogP contribution in [0.4, 0.5) is 0 Å². The second-order valence-corrected chi connectivity index (χ2v) is 7.31. The molecular formula is C22H21N3O2. The summed E-state index contributed by atoms with van der Waals surface area (Å²) in [7, 11) is 0. The van der Waals surface area contributed by atoms with Gasteiger partial charge in [-0.15, -0.1) is 0 Å². The highest BCUT2D eigenvalue weighted by Gasteiger charge is 2.24. The van der Waals surface area contributed by atoms with Crippen molar-refractivity contribution in [3.05, 3.63) is 80.8 Å². The molecule has 0 atom stereocenters. The number of aliphatic hydroxyl groups is 1. The lowest BCUT2D eigenvalue weighted by atomic mass is 9.89. The number of H-pyrrole nitrogens is 1. The van der Waals surface area contributed by atoms with Crippen molar-refractivity contribution in [3.8, 4) is 0 Å². The first-order chi connectivity index (χ1) is 13.2. The SMILES string of the molecule is O=c1[nH]c2c(c(C3=CC=C3)nn2Cc2cccc(CO)c2)c2c1CCCC2. The summed E-state index contributed by atoms with van der Waals surface area (Å²) in [5.74, 6) is 0. The van der Waals surface area contributed by atoms with Crippen LogP contribution in [0.5, 0.6) is 0 Å². The number of nitrogens with one attached hydrogen (secondary N) is 1. The van der Waals surface area contributed by atoms with Crippen molar-refractivity contribution < 1.29 is 5.11 Å². The van der Waals surface area contributed by atoms with Gasteiger partial charge in [0, 0.05) is 16.5 Å². The summed E-state index contributed by atoms with van der Waals surface area (Å²) < 4.78 is 1.89. The van der Waals surface area contributed by atoms with Crippen molar-refractivity contribution in [2.24, 2.45) is 0 Å². The fraction of sp³-hybridized carbons (Fsp3) is 0.273. The number of rotatable bonds is 4. The predicted molar refractivity (Wildman–Crippen MR) is 106 cm³/mol. The topological polar surface area (TPSA) is 70.9 Å². The highest BCUT2D eigenvalue weighted by molar-refractivity contribution is 5.96. The zero-order chi connectivity index (χ0) is 18.4. The number of fused-ring (bicyclic) bond motifs is 3. The molecule has 0 radical (unpaired) electrons. The fourth-order valence-corrected chi connectivity index (χ4v) is 4.16. The number of aryl methyl sites for hydroxylation is 1. The number of pyridine rings is 1. The minimum atomic E-state index is 0.0148. The van der Waals surface area contributed by atoms with Crippen LogP contribution in [0, 0.1) is 0 Å². The van der Waals surface area contributed by atoms with E-state index in [0.717, 1.165) is 64.7 Å². The molecule has 0 bridgehead atoms. The first-order valence-electron chi connectivity index (χ1n) is 9.46. The first-order valence-corrected chi connectivity index (χ1v) is 9.46. The zero-order valence-electron chi connectivity index (χ0n) is 15.0. The Balaban J connectivity index is 1.71. The number of allylic oxidation sites excluding steroid dienone is 4. The molecule has 2 aliphatic rings. The normalized spacial score (nSPS) is 15.5. The van der Waals surface area contributed by atoms with Crippen LogP contribution < -0.4 is 5.56 Å². The van der Waals surface area contributed by atoms with E-state index in [1.807, 2.05) is 35.0 Å². The standard InChI is InChI=1S/C22H21N3O2/c26-13-15-6-3-5-14(11-15)12-25-21-19(20(24-25)16-7-4-8-16)17-9-1-2-10-18(17)22(27)23-21/h3-8,11,26H,1-2,9-10,12-13H2,(H,23,27). The van der Waals surface area contributed by atoms with Gasteiger partial charge in [-0.25, -0.2) is 4.68 Å². The lowest BCUT2D eigenvalue weighted by Crippen LogP contribution is -2.20. The smallest absolute Gasteiger partial charge is 0.253 e. The Morgan fingerprint density at radius 3 is 2.67 bits per heavy atom. The van der Waals surface area contributed by atoms with E-state index >= 15 is 0 Å². The van der Waals surface area contributed by atoms with Crippen LogP contribution in [0.3, 0.4) is 0 Å². The predicted octanol–water partition coefficient (Wildman–Crippen LogP) is 3.10. The van der Waals surface area contributed by atoms with Gasteiger partial charge in [-0.1, -0.05) is 42.5 Å². The van der Waals surface area contributed by atoms with E-state index in [-0.39, 0.29) is 12.2 Å². The molecule has 5 nitrogen and oxygen atoms in total. The van der Waals surface area contributed by atoms with Crippen LogP contribution in [0.2, 0.25) is 0 Å². The first kappa shape index (κ1) is 16.3. The van der Waals surface area contributed by atoms with Gasteiger partial charge in [0.2, 0.25) is 0 Å². The maximum atomic E-state index is 12.7. The molecule has 136 valence electrons. The second-order valence-electron chi connectivity index (χ2n) is 7.31. The Bertz CT molecular complexity index is 1160. The third kappa shape index (κ3) is 2.66. The number of nitrogens with zero attached hydrogens (tertiary/aromatic N) is 2. The summed E-state index contributed by atoms with van der Waals surface area (Å²) in [6, 6.07) is 7.84. The van der Waals surface area contributed by atoms with Crippen molar-refractivity contribution >= 4 is 16.6 Å². The second kappa shape index (κ2) is 6.35. The Morgan fingerprint density at radius 2 is 1.93 bits per heavy atom. The molecule has 3 aromatic rings. The molecule has 0 unspecified atom stereocenters. The largest absolute Gasteiger partial charge is 0.392 e. The van der Waals surface area contributed by atoms with Crippen LogP contribution in [0.25, 0.3) is 16.6 Å². The zero-order valence-corrected chi connectivity index (χ0v) is 15.0. The molecule has 0 fully saturated rings. The van der Waals surface area contributed by atoms with Crippen molar-refractivity contribution in [2.75, 3.05) is 0 Å². The van der Waals surface area contributed by atoms with Crippen molar-refractivity contribution in [2.45, 2.75) is 38.8 Å². The molecule has 0 saturated carbocycles. The average molecular weight is 359 g/mol. The molecular weight excluding hydrogens is 338 g/mol. The third-order valence-corrected chi connectivity index (χ3v) is 5.56. The molecule has 27 heavy (non-hydrogen) atoms. The summed E-state index contributed by atoms with van der Waals surface area (Å²) in [4.78, 5) is 15.8. The van der Waals surface area contributed by atoms with Crippen molar-refractivity contribution in [1.82, 2.24) is 14.8 Å². The van der Waals surface area contributed by atoms with Crippen LogP contribution >= 0.6 is 0 Å². The number of hydrogen-bond donors (Lipinski definition) is 2. The molecule has 5 rings (SSSR count). The Morgan fingerprint density at radius 1 is 1.15 bits per heavy atom. The Labute approximate surface area is 156 Å². The van der Waals surface area contributed by atoms with E-state index in [0.29, 0.717) is 6.54 Å². The summed E-state index contributed by atoms with van der Waals surface area (Å²) in [6.07, 6.45) is 10.1. The quantitative estimate of drug-likeness (QED) is 0.752. The van der Waals surface area contributed by atoms with Gasteiger partial charge >= 0.3 is 0 Å². The maximum absolute atomic E-state index is 12.7. The van der Waals surface area contributed by atoms with Gasteiger partial charge in [-0.2, -0.15) is 5.10 Å². The van der Waals surface area contributed by atoms with Gasteiger partial charge in [0.05, 0.1) is 13.2 Å². The van der Waals surface area contributed by atoms with Gasteiger partial charge in [-0.3, -0.25) is 4.79 Å². The van der Waals surface area contributed by atoms with Crippen LogP contribution in [0.1, 0.15) is 40.8 Å². The third-order valence-electron chi connectivity index (χ3n) is 5.56. The molecule has 0 aliphatic heterocycles. The van der Waals surface area contributed by atoms with E-state index in [9.17, 15) is 9.90 Å². The molecule has 2 N–H and O–H groups in total. The molecule has 2 heterocycles. The van der Waals surface area contributed by atoms with Gasteiger partial charge in [-0.05, 0) is 42.4 Å². The van der Waals surface area contributed by atoms with Crippen LogP contribution in [0.15, 0.2) is 47.3 Å². The molecule has 1 aromatic carbocycles. The van der Waals surface area contributed by atoms with Crippen LogP contribution in [-0.2, 0) is 26.0 Å². The highest BCUT2D eigenvalue weighted by Crippen LogP contribution is 2.33. The van der Waals surface area contributed by atoms with Gasteiger partial charge < -0.3 is 10.1 Å². The molecule has 0 amide bonds. The number of hydrogen-bond acceptors (Lipinski definition) is 3. The lowest BCUT2D eigenvalue weighted by Gasteiger charge is -2.16. The number of aliphatic hydroxyl groups excluding tert-OH is 1. The maximum Gasteiger partial charge on any atom is 0.253 e. The number of aromatic nitrogens is 3. The average Bonchev–Trinajstić information content (AvgIpc) is 2.98. The highest BCUT2D eigenvalue weighted by atomic mass is 16.3. The summed E-state index contributed by atoms with van der Waals surface area (Å²) in [6.45, 7) is 0.566. The summed E-state index contributed by atoms with van der Waals surface area (Å²) in [5, 5.41) is 15.4. The molecule has 2 aromatic heterocycles. The minimum absolute atomic E-state index is 0.0148. The fourth-order valence-electron chi connectivity index (χ4n) is 4.16.